The van der Waals surface area contributed by atoms with Gasteiger partial charge in [-0.05, 0) is 35.6 Å². The van der Waals surface area contributed by atoms with Crippen molar-refractivity contribution in [2.24, 2.45) is 11.1 Å². The van der Waals surface area contributed by atoms with E-state index >= 15 is 0 Å². The van der Waals surface area contributed by atoms with Gasteiger partial charge in [0.1, 0.15) is 5.56 Å². The zero-order valence-corrected chi connectivity index (χ0v) is 17.3. The topological polar surface area (TPSA) is 151 Å². The summed E-state index contributed by atoms with van der Waals surface area (Å²) in [5.41, 5.74) is 6.08. The van der Waals surface area contributed by atoms with Gasteiger partial charge in [-0.25, -0.2) is 0 Å². The van der Waals surface area contributed by atoms with E-state index in [0.717, 1.165) is 0 Å². The van der Waals surface area contributed by atoms with Crippen molar-refractivity contribution in [2.75, 3.05) is 6.54 Å². The molecule has 0 bridgehead atoms. The molecule has 1 aliphatic carbocycles. The summed E-state index contributed by atoms with van der Waals surface area (Å²) >= 11 is 0. The monoisotopic (exact) mass is 424 g/mol. The van der Waals surface area contributed by atoms with Crippen LogP contribution < -0.4 is 21.9 Å². The van der Waals surface area contributed by atoms with Crippen LogP contribution in [-0.2, 0) is 17.8 Å². The molecule has 1 aliphatic rings. The Kier molecular flexibility index (Phi) is 6.05. The third-order valence-electron chi connectivity index (χ3n) is 5.05. The Morgan fingerprint density at radius 3 is 2.35 bits per heavy atom. The maximum atomic E-state index is 12.5. The van der Waals surface area contributed by atoms with Gasteiger partial charge in [0.25, 0.3) is 17.4 Å². The number of H-pyrrole nitrogens is 1. The molecular formula is C22H24N4O5. The van der Waals surface area contributed by atoms with E-state index in [0.29, 0.717) is 35.2 Å². The fourth-order valence-corrected chi connectivity index (χ4v) is 3.52. The molecule has 0 spiro atoms. The first-order valence-electron chi connectivity index (χ1n) is 9.79. The van der Waals surface area contributed by atoms with Crippen LogP contribution in [0.5, 0.6) is 0 Å². The maximum absolute atomic E-state index is 12.5. The molecule has 31 heavy (non-hydrogen) atoms. The predicted octanol–water partition coefficient (Wildman–Crippen LogP) is 0.675. The number of rotatable bonds is 6. The van der Waals surface area contributed by atoms with Crippen molar-refractivity contribution in [3.8, 4) is 0 Å². The van der Waals surface area contributed by atoms with Crippen LogP contribution in [0.4, 0.5) is 0 Å². The minimum Gasteiger partial charge on any atom is -0.368 e. The Morgan fingerprint density at radius 2 is 1.71 bits per heavy atom. The summed E-state index contributed by atoms with van der Waals surface area (Å²) in [4.78, 5) is 62.6. The van der Waals surface area contributed by atoms with Crippen LogP contribution >= 0.6 is 0 Å². The van der Waals surface area contributed by atoms with Gasteiger partial charge < -0.3 is 21.4 Å². The van der Waals surface area contributed by atoms with E-state index < -0.39 is 23.3 Å². The molecule has 0 aliphatic heterocycles. The normalized spacial score (nSPS) is 14.5. The van der Waals surface area contributed by atoms with Crippen LogP contribution in [0.25, 0.3) is 0 Å². The Hall–Kier alpha value is -3.75. The van der Waals surface area contributed by atoms with Gasteiger partial charge in [-0.3, -0.25) is 24.0 Å². The highest BCUT2D eigenvalue weighted by atomic mass is 16.2. The number of aromatic nitrogens is 1. The number of carbonyl (C=O) groups is 4. The largest absolute Gasteiger partial charge is 0.368 e. The molecule has 0 fully saturated rings. The number of nitrogens with one attached hydrogen (secondary N) is 3. The number of hydrogen-bond donors (Lipinski definition) is 4. The Morgan fingerprint density at radius 1 is 1.03 bits per heavy atom. The van der Waals surface area contributed by atoms with Crippen molar-refractivity contribution in [1.82, 2.24) is 15.6 Å². The quantitative estimate of drug-likeness (QED) is 0.537. The molecule has 1 heterocycles. The summed E-state index contributed by atoms with van der Waals surface area (Å²) in [5, 5.41) is 5.03. The highest BCUT2D eigenvalue weighted by Crippen LogP contribution is 2.33. The van der Waals surface area contributed by atoms with Crippen molar-refractivity contribution >= 4 is 23.5 Å². The van der Waals surface area contributed by atoms with Crippen molar-refractivity contribution < 1.29 is 19.2 Å². The minimum absolute atomic E-state index is 0.0956. The maximum Gasteiger partial charge on any atom is 0.261 e. The molecule has 0 radical (unpaired) electrons. The van der Waals surface area contributed by atoms with Crippen molar-refractivity contribution in [2.45, 2.75) is 33.2 Å². The van der Waals surface area contributed by atoms with E-state index in [1.165, 1.54) is 6.07 Å². The van der Waals surface area contributed by atoms with E-state index in [9.17, 15) is 24.0 Å². The van der Waals surface area contributed by atoms with Crippen molar-refractivity contribution in [1.29, 1.82) is 0 Å². The number of amides is 3. The summed E-state index contributed by atoms with van der Waals surface area (Å²) in [5.74, 6) is -1.77. The molecule has 9 heteroatoms. The van der Waals surface area contributed by atoms with Crippen LogP contribution in [0, 0.1) is 5.41 Å². The van der Waals surface area contributed by atoms with E-state index in [4.69, 9.17) is 5.73 Å². The van der Waals surface area contributed by atoms with Gasteiger partial charge in [-0.15, -0.1) is 0 Å². The number of carbonyl (C=O) groups excluding carboxylic acids is 4. The standard InChI is InChI=1S/C22H24N4O5/c1-22(2)8-16-14(17(27)9-22)7-15(21(31)26-16)20(30)24-10-12-3-5-13(6-4-12)19(29)25-11-18(23)28/h3-7H,8-11H2,1-2H3,(H2,23,28)(H,24,30)(H,25,29)(H,26,31). The van der Waals surface area contributed by atoms with Gasteiger partial charge in [0.2, 0.25) is 5.91 Å². The smallest absolute Gasteiger partial charge is 0.261 e. The second kappa shape index (κ2) is 8.55. The number of primary amides is 1. The number of Topliss-reactive ketones (excluding diaryl/α,β-unsaturated/α-hetero) is 1. The lowest BCUT2D eigenvalue weighted by Crippen LogP contribution is -2.34. The zero-order valence-electron chi connectivity index (χ0n) is 17.3. The summed E-state index contributed by atoms with van der Waals surface area (Å²) in [6.07, 6.45) is 0.914. The van der Waals surface area contributed by atoms with E-state index in [1.54, 1.807) is 24.3 Å². The lowest BCUT2D eigenvalue weighted by molar-refractivity contribution is -0.117. The van der Waals surface area contributed by atoms with Crippen LogP contribution in [0.3, 0.4) is 0 Å². The summed E-state index contributed by atoms with van der Waals surface area (Å²) in [6, 6.07) is 7.74. The highest BCUT2D eigenvalue weighted by molar-refractivity contribution is 6.02. The molecule has 162 valence electrons. The number of benzene rings is 1. The van der Waals surface area contributed by atoms with Gasteiger partial charge >= 0.3 is 0 Å². The average Bonchev–Trinajstić information content (AvgIpc) is 2.69. The third kappa shape index (κ3) is 5.25. The number of pyridine rings is 1. The Labute approximate surface area is 178 Å². The molecule has 1 aromatic carbocycles. The lowest BCUT2D eigenvalue weighted by atomic mass is 9.75. The fourth-order valence-electron chi connectivity index (χ4n) is 3.52. The first kappa shape index (κ1) is 21.9. The molecular weight excluding hydrogens is 400 g/mol. The SMILES string of the molecule is CC1(C)CC(=O)c2cc(C(=O)NCc3ccc(C(=O)NCC(N)=O)cc3)c(=O)[nH]c2C1. The van der Waals surface area contributed by atoms with E-state index in [-0.39, 0.29) is 29.9 Å². The van der Waals surface area contributed by atoms with E-state index in [1.807, 2.05) is 13.8 Å². The van der Waals surface area contributed by atoms with Crippen LogP contribution in [-0.4, -0.2) is 35.0 Å². The number of aromatic amines is 1. The summed E-state index contributed by atoms with van der Waals surface area (Å²) in [7, 11) is 0. The molecule has 5 N–H and O–H groups in total. The van der Waals surface area contributed by atoms with Crippen LogP contribution in [0.2, 0.25) is 0 Å². The Balaban J connectivity index is 1.67. The zero-order chi connectivity index (χ0) is 22.8. The summed E-state index contributed by atoms with van der Waals surface area (Å²) in [6.45, 7) is 3.78. The minimum atomic E-state index is -0.643. The predicted molar refractivity (Wildman–Crippen MR) is 113 cm³/mol. The van der Waals surface area contributed by atoms with Gasteiger partial charge in [0, 0.05) is 29.8 Å². The van der Waals surface area contributed by atoms with Crippen LogP contribution in [0.1, 0.15) is 62.6 Å². The van der Waals surface area contributed by atoms with Gasteiger partial charge in [0.15, 0.2) is 5.78 Å². The van der Waals surface area contributed by atoms with Gasteiger partial charge in [-0.1, -0.05) is 26.0 Å². The first-order chi connectivity index (χ1) is 14.6. The van der Waals surface area contributed by atoms with Gasteiger partial charge in [-0.2, -0.15) is 0 Å². The molecule has 3 rings (SSSR count). The van der Waals surface area contributed by atoms with Gasteiger partial charge in [0.05, 0.1) is 6.54 Å². The van der Waals surface area contributed by atoms with Crippen LogP contribution in [0.15, 0.2) is 35.1 Å². The number of fused-ring (bicyclic) bond motifs is 1. The second-order valence-corrected chi connectivity index (χ2v) is 8.37. The number of ketones is 1. The van der Waals surface area contributed by atoms with E-state index in [2.05, 4.69) is 15.6 Å². The fraction of sp³-hybridized carbons (Fsp3) is 0.318. The Bertz CT molecular complexity index is 1120. The van der Waals surface area contributed by atoms with Crippen molar-refractivity contribution in [3.63, 3.8) is 0 Å². The molecule has 0 saturated heterocycles. The first-order valence-corrected chi connectivity index (χ1v) is 9.79. The molecule has 0 atom stereocenters. The third-order valence-corrected chi connectivity index (χ3v) is 5.05. The molecule has 2 aromatic rings. The number of hydrogen-bond acceptors (Lipinski definition) is 5. The lowest BCUT2D eigenvalue weighted by Gasteiger charge is -2.29. The van der Waals surface area contributed by atoms with Crippen molar-refractivity contribution in [3.05, 3.63) is 68.6 Å². The molecule has 0 unspecified atom stereocenters. The number of nitrogens with two attached hydrogens (primary N) is 1. The molecule has 9 nitrogen and oxygen atoms in total. The average molecular weight is 424 g/mol. The summed E-state index contributed by atoms with van der Waals surface area (Å²) < 4.78 is 0. The molecule has 3 amide bonds. The second-order valence-electron chi connectivity index (χ2n) is 8.37. The molecule has 0 saturated carbocycles. The molecule has 1 aromatic heterocycles. The highest BCUT2D eigenvalue weighted by Gasteiger charge is 2.32.